The highest BCUT2D eigenvalue weighted by Crippen LogP contribution is 2.18. The van der Waals surface area contributed by atoms with E-state index in [9.17, 15) is 14.0 Å². The molecule has 118 valence electrons. The Morgan fingerprint density at radius 3 is 2.74 bits per heavy atom. The van der Waals surface area contributed by atoms with Crippen molar-refractivity contribution in [2.24, 2.45) is 0 Å². The van der Waals surface area contributed by atoms with Crippen LogP contribution in [-0.4, -0.2) is 16.6 Å². The van der Waals surface area contributed by atoms with E-state index < -0.39 is 5.82 Å². The van der Waals surface area contributed by atoms with Crippen molar-refractivity contribution in [2.45, 2.75) is 20.0 Å². The second-order valence-electron chi connectivity index (χ2n) is 4.97. The fourth-order valence-electron chi connectivity index (χ4n) is 1.86. The molecule has 5 heteroatoms. The van der Waals surface area contributed by atoms with Crippen molar-refractivity contribution in [3.05, 3.63) is 65.7 Å². The van der Waals surface area contributed by atoms with Gasteiger partial charge in [0.2, 0.25) is 0 Å². The summed E-state index contributed by atoms with van der Waals surface area (Å²) in [4.78, 5) is 26.3. The molecule has 2 aromatic rings. The average Bonchev–Trinajstić information content (AvgIpc) is 2.52. The summed E-state index contributed by atoms with van der Waals surface area (Å²) < 4.78 is 19.4. The van der Waals surface area contributed by atoms with E-state index in [0.29, 0.717) is 5.75 Å². The normalized spacial score (nSPS) is 10.7. The summed E-state index contributed by atoms with van der Waals surface area (Å²) in [5.74, 6) is -0.707. The molecule has 0 N–H and O–H groups in total. The van der Waals surface area contributed by atoms with Crippen molar-refractivity contribution in [1.82, 2.24) is 4.98 Å². The van der Waals surface area contributed by atoms with Gasteiger partial charge in [-0.15, -0.1) is 0 Å². The summed E-state index contributed by atoms with van der Waals surface area (Å²) in [7, 11) is 0. The van der Waals surface area contributed by atoms with E-state index >= 15 is 0 Å². The number of benzene rings is 1. The molecule has 0 saturated carbocycles. The maximum atomic E-state index is 14.0. The van der Waals surface area contributed by atoms with Gasteiger partial charge in [0.25, 0.3) is 0 Å². The predicted molar refractivity (Wildman–Crippen MR) is 84.3 cm³/mol. The zero-order valence-electron chi connectivity index (χ0n) is 12.7. The van der Waals surface area contributed by atoms with Crippen LogP contribution in [0.15, 0.2) is 48.7 Å². The zero-order valence-corrected chi connectivity index (χ0v) is 12.7. The Kier molecular flexibility index (Phi) is 5.74. The third kappa shape index (κ3) is 5.47. The molecule has 0 aliphatic heterocycles. The number of Topliss-reactive ketones (excluding diaryl/α,β-unsaturated/α-hetero) is 1. The summed E-state index contributed by atoms with van der Waals surface area (Å²) in [6.45, 7) is 1.58. The molecule has 0 unspecified atom stereocenters. The number of rotatable bonds is 7. The van der Waals surface area contributed by atoms with E-state index in [-0.39, 0.29) is 30.2 Å². The molecule has 0 atom stereocenters. The van der Waals surface area contributed by atoms with Crippen LogP contribution in [0.4, 0.5) is 4.39 Å². The molecule has 23 heavy (non-hydrogen) atoms. The minimum absolute atomic E-state index is 0.177. The molecule has 1 heterocycles. The number of nitrogens with zero attached hydrogens (tertiary/aromatic N) is 1. The Morgan fingerprint density at radius 2 is 2.09 bits per heavy atom. The van der Waals surface area contributed by atoms with Gasteiger partial charge in [-0.2, -0.15) is 0 Å². The van der Waals surface area contributed by atoms with Crippen LogP contribution >= 0.6 is 0 Å². The van der Waals surface area contributed by atoms with Crippen molar-refractivity contribution in [3.8, 4) is 5.75 Å². The number of pyridine rings is 1. The average molecular weight is 313 g/mol. The topological polar surface area (TPSA) is 56.3 Å². The molecule has 2 rings (SSSR count). The summed E-state index contributed by atoms with van der Waals surface area (Å²) in [6, 6.07) is 9.84. The van der Waals surface area contributed by atoms with Crippen molar-refractivity contribution in [3.63, 3.8) is 0 Å². The quantitative estimate of drug-likeness (QED) is 0.581. The molecule has 0 aliphatic carbocycles. The second-order valence-corrected chi connectivity index (χ2v) is 4.97. The summed E-state index contributed by atoms with van der Waals surface area (Å²) in [5.41, 5.74) is 0.999. The van der Waals surface area contributed by atoms with Gasteiger partial charge >= 0.3 is 0 Å². The third-order valence-electron chi connectivity index (χ3n) is 2.96. The number of aromatic nitrogens is 1. The first-order valence-corrected chi connectivity index (χ1v) is 7.07. The lowest BCUT2D eigenvalue weighted by Crippen LogP contribution is -2.00. The van der Waals surface area contributed by atoms with Gasteiger partial charge in [-0.3, -0.25) is 14.6 Å². The van der Waals surface area contributed by atoms with Crippen molar-refractivity contribution in [2.75, 3.05) is 0 Å². The minimum atomic E-state index is -0.504. The Hall–Kier alpha value is -2.82. The van der Waals surface area contributed by atoms with E-state index in [4.69, 9.17) is 4.74 Å². The maximum Gasteiger partial charge on any atom is 0.163 e. The molecule has 0 amide bonds. The highest BCUT2D eigenvalue weighted by molar-refractivity contribution is 6.05. The van der Waals surface area contributed by atoms with Gasteiger partial charge in [-0.25, -0.2) is 4.39 Å². The third-order valence-corrected chi connectivity index (χ3v) is 2.96. The number of carbonyl (C=O) groups excluding carboxylic acids is 2. The van der Waals surface area contributed by atoms with E-state index in [1.807, 2.05) is 12.1 Å². The number of ketones is 2. The van der Waals surface area contributed by atoms with Gasteiger partial charge in [0.1, 0.15) is 24.0 Å². The molecule has 1 aromatic heterocycles. The van der Waals surface area contributed by atoms with E-state index in [1.165, 1.54) is 31.2 Å². The van der Waals surface area contributed by atoms with Crippen LogP contribution in [0.25, 0.3) is 6.08 Å². The monoisotopic (exact) mass is 313 g/mol. The summed E-state index contributed by atoms with van der Waals surface area (Å²) >= 11 is 0. The summed E-state index contributed by atoms with van der Waals surface area (Å²) in [6.07, 6.45) is 4.03. The van der Waals surface area contributed by atoms with Crippen molar-refractivity contribution in [1.29, 1.82) is 0 Å². The van der Waals surface area contributed by atoms with Gasteiger partial charge in [-0.1, -0.05) is 6.07 Å². The van der Waals surface area contributed by atoms with E-state index in [0.717, 1.165) is 5.69 Å². The molecule has 0 saturated heterocycles. The Balaban J connectivity index is 1.99. The van der Waals surface area contributed by atoms with Gasteiger partial charge < -0.3 is 4.74 Å². The van der Waals surface area contributed by atoms with Gasteiger partial charge in [0.15, 0.2) is 5.78 Å². The standard InChI is InChI=1S/C18H16FNO3/c1-13(21)10-16(22)7-5-14-6-8-17(11-18(14)19)23-12-15-4-2-3-9-20-15/h2-9,11H,10,12H2,1H3. The molecular weight excluding hydrogens is 297 g/mol. The first-order valence-electron chi connectivity index (χ1n) is 7.07. The summed E-state index contributed by atoms with van der Waals surface area (Å²) in [5, 5.41) is 0. The molecule has 0 aliphatic rings. The molecule has 0 radical (unpaired) electrons. The van der Waals surface area contributed by atoms with Crippen LogP contribution in [0.5, 0.6) is 5.75 Å². The smallest absolute Gasteiger partial charge is 0.163 e. The Bertz CT molecular complexity index is 726. The number of allylic oxidation sites excluding steroid dienone is 1. The van der Waals surface area contributed by atoms with Crippen LogP contribution in [0.3, 0.4) is 0 Å². The lowest BCUT2D eigenvalue weighted by atomic mass is 10.1. The number of hydrogen-bond acceptors (Lipinski definition) is 4. The van der Waals surface area contributed by atoms with E-state index in [2.05, 4.69) is 4.98 Å². The highest BCUT2D eigenvalue weighted by atomic mass is 19.1. The van der Waals surface area contributed by atoms with Gasteiger partial charge in [0.05, 0.1) is 12.1 Å². The lowest BCUT2D eigenvalue weighted by Gasteiger charge is -2.06. The largest absolute Gasteiger partial charge is 0.487 e. The number of ether oxygens (including phenoxy) is 1. The predicted octanol–water partition coefficient (Wildman–Crippen LogP) is 3.36. The fourth-order valence-corrected chi connectivity index (χ4v) is 1.86. The van der Waals surface area contributed by atoms with Crippen LogP contribution in [0, 0.1) is 5.82 Å². The Morgan fingerprint density at radius 1 is 1.26 bits per heavy atom. The molecular formula is C18H16FNO3. The first kappa shape index (κ1) is 16.5. The minimum Gasteiger partial charge on any atom is -0.487 e. The van der Waals surface area contributed by atoms with Gasteiger partial charge in [0, 0.05) is 17.8 Å². The molecule has 1 aromatic carbocycles. The van der Waals surface area contributed by atoms with Gasteiger partial charge in [-0.05, 0) is 43.3 Å². The van der Waals surface area contributed by atoms with Crippen LogP contribution in [0.2, 0.25) is 0 Å². The number of carbonyl (C=O) groups is 2. The molecule has 4 nitrogen and oxygen atoms in total. The first-order chi connectivity index (χ1) is 11.0. The molecule has 0 bridgehead atoms. The zero-order chi connectivity index (χ0) is 16.7. The van der Waals surface area contributed by atoms with E-state index in [1.54, 1.807) is 18.3 Å². The fraction of sp³-hybridized carbons (Fsp3) is 0.167. The van der Waals surface area contributed by atoms with Crippen LogP contribution in [0.1, 0.15) is 24.6 Å². The van der Waals surface area contributed by atoms with Crippen molar-refractivity contribution < 1.29 is 18.7 Å². The lowest BCUT2D eigenvalue weighted by molar-refractivity contribution is -0.123. The van der Waals surface area contributed by atoms with Crippen molar-refractivity contribution >= 4 is 17.6 Å². The highest BCUT2D eigenvalue weighted by Gasteiger charge is 2.05. The number of halogens is 1. The molecule has 0 fully saturated rings. The maximum absolute atomic E-state index is 14.0. The van der Waals surface area contributed by atoms with Crippen LogP contribution in [-0.2, 0) is 16.2 Å². The van der Waals surface area contributed by atoms with Crippen LogP contribution < -0.4 is 4.74 Å². The second kappa shape index (κ2) is 7.98. The SMILES string of the molecule is CC(=O)CC(=O)C=Cc1ccc(OCc2ccccn2)cc1F. The number of hydrogen-bond donors (Lipinski definition) is 0. The molecule has 0 spiro atoms. The Labute approximate surface area is 133 Å².